The van der Waals surface area contributed by atoms with Crippen molar-refractivity contribution in [3.63, 3.8) is 0 Å². The molecule has 2 saturated carbocycles. The topological polar surface area (TPSA) is 66.0 Å². The van der Waals surface area contributed by atoms with E-state index in [1.165, 1.54) is 44.9 Å². The van der Waals surface area contributed by atoms with Crippen LogP contribution >= 0.6 is 24.0 Å². The lowest BCUT2D eigenvalue weighted by atomic mass is 9.88. The molecule has 2 unspecified atom stereocenters. The predicted octanol–water partition coefficient (Wildman–Crippen LogP) is 3.94. The predicted molar refractivity (Wildman–Crippen MR) is 133 cm³/mol. The monoisotopic (exact) mass is 534 g/mol. The molecular weight excluding hydrogens is 491 g/mol. The van der Waals surface area contributed by atoms with E-state index in [4.69, 9.17) is 4.74 Å². The van der Waals surface area contributed by atoms with Crippen LogP contribution in [-0.4, -0.2) is 62.2 Å². The molecule has 0 spiro atoms. The molecule has 6 nitrogen and oxygen atoms in total. The molecule has 3 rings (SSSR count). The van der Waals surface area contributed by atoms with Crippen LogP contribution in [-0.2, 0) is 9.53 Å². The van der Waals surface area contributed by atoms with Crippen molar-refractivity contribution in [1.82, 2.24) is 15.5 Å². The highest BCUT2D eigenvalue weighted by molar-refractivity contribution is 14.0. The lowest BCUT2D eigenvalue weighted by molar-refractivity contribution is -0.135. The molecule has 0 aromatic rings. The van der Waals surface area contributed by atoms with Crippen LogP contribution in [0.2, 0.25) is 0 Å². The molecule has 1 saturated heterocycles. The zero-order valence-corrected chi connectivity index (χ0v) is 21.4. The molecule has 0 radical (unpaired) electrons. The van der Waals surface area contributed by atoms with Gasteiger partial charge in [-0.3, -0.25) is 9.79 Å². The average Bonchev–Trinajstić information content (AvgIpc) is 3.45. The van der Waals surface area contributed by atoms with Crippen LogP contribution in [0.25, 0.3) is 0 Å². The number of nitrogens with one attached hydrogen (secondary N) is 2. The number of carbonyl (C=O) groups is 1. The smallest absolute Gasteiger partial charge is 0.225 e. The second-order valence-corrected chi connectivity index (χ2v) is 9.08. The summed E-state index contributed by atoms with van der Waals surface area (Å²) >= 11 is 0. The first-order valence-electron chi connectivity index (χ1n) is 12.1. The van der Waals surface area contributed by atoms with Crippen LogP contribution in [0.4, 0.5) is 0 Å². The van der Waals surface area contributed by atoms with Crippen molar-refractivity contribution in [2.75, 3.05) is 33.3 Å². The highest BCUT2D eigenvalue weighted by Crippen LogP contribution is 2.30. The van der Waals surface area contributed by atoms with E-state index in [0.717, 1.165) is 63.8 Å². The van der Waals surface area contributed by atoms with E-state index in [-0.39, 0.29) is 29.9 Å². The zero-order valence-electron chi connectivity index (χ0n) is 19.0. The van der Waals surface area contributed by atoms with E-state index < -0.39 is 0 Å². The van der Waals surface area contributed by atoms with Gasteiger partial charge in [0.2, 0.25) is 5.91 Å². The van der Waals surface area contributed by atoms with Crippen LogP contribution in [0.5, 0.6) is 0 Å². The number of hydrogen-bond acceptors (Lipinski definition) is 3. The Kier molecular flexibility index (Phi) is 11.8. The molecular formula is C23H43IN4O2. The number of carbonyl (C=O) groups excluding carboxylic acids is 1. The third-order valence-corrected chi connectivity index (χ3v) is 7.05. The van der Waals surface area contributed by atoms with E-state index in [1.807, 2.05) is 7.05 Å². The minimum absolute atomic E-state index is 0. The summed E-state index contributed by atoms with van der Waals surface area (Å²) in [4.78, 5) is 19.3. The minimum Gasteiger partial charge on any atom is -0.378 e. The number of rotatable bonds is 8. The first-order valence-corrected chi connectivity index (χ1v) is 12.1. The largest absolute Gasteiger partial charge is 0.378 e. The Labute approximate surface area is 200 Å². The van der Waals surface area contributed by atoms with Crippen LogP contribution < -0.4 is 10.6 Å². The van der Waals surface area contributed by atoms with Crippen molar-refractivity contribution in [3.8, 4) is 0 Å². The number of halogens is 1. The molecule has 0 bridgehead atoms. The molecule has 3 fully saturated rings. The number of aliphatic imine (C=N–C) groups is 1. The molecule has 30 heavy (non-hydrogen) atoms. The summed E-state index contributed by atoms with van der Waals surface area (Å²) in [6, 6.07) is 0.297. The summed E-state index contributed by atoms with van der Waals surface area (Å²) in [5.74, 6) is 2.23. The number of likely N-dealkylation sites (tertiary alicyclic amines) is 1. The van der Waals surface area contributed by atoms with Gasteiger partial charge in [-0.15, -0.1) is 24.0 Å². The second kappa shape index (κ2) is 13.8. The third kappa shape index (κ3) is 7.53. The minimum atomic E-state index is 0. The van der Waals surface area contributed by atoms with Gasteiger partial charge in [-0.1, -0.05) is 32.1 Å². The third-order valence-electron chi connectivity index (χ3n) is 7.05. The number of amides is 1. The van der Waals surface area contributed by atoms with Crippen molar-refractivity contribution in [1.29, 1.82) is 0 Å². The van der Waals surface area contributed by atoms with Crippen molar-refractivity contribution >= 4 is 35.8 Å². The van der Waals surface area contributed by atoms with E-state index in [9.17, 15) is 4.79 Å². The maximum Gasteiger partial charge on any atom is 0.225 e. The summed E-state index contributed by atoms with van der Waals surface area (Å²) < 4.78 is 6.03. The molecule has 1 aliphatic heterocycles. The molecule has 2 aliphatic carbocycles. The van der Waals surface area contributed by atoms with Gasteiger partial charge in [0.1, 0.15) is 0 Å². The van der Waals surface area contributed by atoms with Gasteiger partial charge in [-0.25, -0.2) is 0 Å². The fraction of sp³-hybridized carbons (Fsp3) is 0.913. The molecule has 7 heteroatoms. The number of hydrogen-bond donors (Lipinski definition) is 2. The van der Waals surface area contributed by atoms with Crippen LogP contribution in [0.1, 0.15) is 77.6 Å². The van der Waals surface area contributed by atoms with Gasteiger partial charge < -0.3 is 20.3 Å². The van der Waals surface area contributed by atoms with Crippen molar-refractivity contribution in [2.24, 2.45) is 16.8 Å². The molecule has 2 atom stereocenters. The van der Waals surface area contributed by atoms with Gasteiger partial charge in [-0.05, 0) is 51.4 Å². The molecule has 1 heterocycles. The van der Waals surface area contributed by atoms with Crippen LogP contribution in [0.15, 0.2) is 4.99 Å². The lowest BCUT2D eigenvalue weighted by Crippen LogP contribution is -2.46. The summed E-state index contributed by atoms with van der Waals surface area (Å²) in [6.07, 6.45) is 13.6. The highest BCUT2D eigenvalue weighted by Gasteiger charge is 2.32. The van der Waals surface area contributed by atoms with E-state index in [2.05, 4.69) is 27.4 Å². The molecule has 1 amide bonds. The summed E-state index contributed by atoms with van der Waals surface area (Å²) in [5, 5.41) is 7.00. The highest BCUT2D eigenvalue weighted by atomic mass is 127. The molecule has 3 aliphatic rings. The van der Waals surface area contributed by atoms with Crippen molar-refractivity contribution < 1.29 is 9.53 Å². The Balaban J connectivity index is 0.00000320. The molecule has 2 N–H and O–H groups in total. The second-order valence-electron chi connectivity index (χ2n) is 9.08. The van der Waals surface area contributed by atoms with Crippen LogP contribution in [0.3, 0.4) is 0 Å². The fourth-order valence-corrected chi connectivity index (χ4v) is 5.41. The number of ether oxygens (including phenoxy) is 1. The fourth-order valence-electron chi connectivity index (χ4n) is 5.41. The summed E-state index contributed by atoms with van der Waals surface area (Å²) in [6.45, 7) is 5.44. The number of guanidine groups is 1. The first-order chi connectivity index (χ1) is 14.2. The van der Waals surface area contributed by atoms with Gasteiger partial charge in [0.15, 0.2) is 5.96 Å². The van der Waals surface area contributed by atoms with Crippen LogP contribution in [0, 0.1) is 11.8 Å². The van der Waals surface area contributed by atoms with Gasteiger partial charge in [-0.2, -0.15) is 0 Å². The van der Waals surface area contributed by atoms with E-state index in [0.29, 0.717) is 18.1 Å². The van der Waals surface area contributed by atoms with Crippen molar-refractivity contribution in [2.45, 2.75) is 89.7 Å². The first kappa shape index (κ1) is 25.7. The van der Waals surface area contributed by atoms with Crippen molar-refractivity contribution in [3.05, 3.63) is 0 Å². The summed E-state index contributed by atoms with van der Waals surface area (Å²) in [7, 11) is 1.83. The maximum atomic E-state index is 12.8. The van der Waals surface area contributed by atoms with E-state index >= 15 is 0 Å². The lowest BCUT2D eigenvalue weighted by Gasteiger charge is -2.26. The maximum absolute atomic E-state index is 12.8. The Bertz CT molecular complexity index is 533. The van der Waals surface area contributed by atoms with Gasteiger partial charge in [0.25, 0.3) is 0 Å². The molecule has 174 valence electrons. The SMILES string of the molecule is CCOC(CCNC(=NC)NC1CCN(C(=O)C2CCCCC2)C1)C1CCCC1.I. The molecule has 0 aromatic heterocycles. The van der Waals surface area contributed by atoms with E-state index in [1.54, 1.807) is 0 Å². The summed E-state index contributed by atoms with van der Waals surface area (Å²) in [5.41, 5.74) is 0. The van der Waals surface area contributed by atoms with Gasteiger partial charge in [0.05, 0.1) is 6.10 Å². The molecule has 0 aromatic carbocycles. The zero-order chi connectivity index (χ0) is 20.5. The average molecular weight is 535 g/mol. The Morgan fingerprint density at radius 2 is 1.80 bits per heavy atom. The van der Waals surface area contributed by atoms with Gasteiger partial charge in [0, 0.05) is 45.2 Å². The Hall–Kier alpha value is -0.570. The quantitative estimate of drug-likeness (QED) is 0.282. The standard InChI is InChI=1S/C23H42N4O2.HI/c1-3-29-21(18-9-7-8-10-18)13-15-25-23(24-2)26-20-14-16-27(17-20)22(28)19-11-5-4-6-12-19;/h18-21H,3-17H2,1-2H3,(H2,24,25,26);1H. The van der Waals surface area contributed by atoms with Gasteiger partial charge >= 0.3 is 0 Å². The number of nitrogens with zero attached hydrogens (tertiary/aromatic N) is 2. The normalized spacial score (nSPS) is 24.5. The Morgan fingerprint density at radius 1 is 1.10 bits per heavy atom. The Morgan fingerprint density at radius 3 is 2.47 bits per heavy atom.